The smallest absolute Gasteiger partial charge is 0.350 e. The van der Waals surface area contributed by atoms with E-state index in [1.165, 1.54) is 11.8 Å². The molecule has 0 aliphatic carbocycles. The van der Waals surface area contributed by atoms with Crippen LogP contribution in [-0.2, 0) is 14.3 Å². The third-order valence-electron chi connectivity index (χ3n) is 2.32. The zero-order chi connectivity index (χ0) is 10.9. The summed E-state index contributed by atoms with van der Waals surface area (Å²) in [6.07, 6.45) is 0.655. The van der Waals surface area contributed by atoms with E-state index < -0.39 is 11.0 Å². The number of amides is 1. The third-order valence-corrected chi connectivity index (χ3v) is 2.91. The summed E-state index contributed by atoms with van der Waals surface area (Å²) < 4.78 is 4.82. The topological polar surface area (TPSA) is 46.4 Å². The Hall–Kier alpha value is -0.770. The maximum Gasteiger partial charge on any atom is 0.350 e. The highest BCUT2D eigenvalue weighted by molar-refractivity contribution is 6.38. The van der Waals surface area contributed by atoms with E-state index in [-0.39, 0.29) is 18.6 Å². The van der Waals surface area contributed by atoms with Crippen LogP contribution >= 0.6 is 11.6 Å². The lowest BCUT2D eigenvalue weighted by molar-refractivity contribution is -0.146. The van der Waals surface area contributed by atoms with Crippen LogP contribution in [0.5, 0.6) is 0 Å². The Labute approximate surface area is 88.2 Å². The normalized spacial score (nSPS) is 30.0. The Morgan fingerprint density at radius 3 is 2.36 bits per heavy atom. The molecule has 0 bridgehead atoms. The lowest BCUT2D eigenvalue weighted by Gasteiger charge is -2.06. The predicted molar refractivity (Wildman–Crippen MR) is 51.8 cm³/mol. The van der Waals surface area contributed by atoms with Crippen molar-refractivity contribution >= 4 is 23.5 Å². The van der Waals surface area contributed by atoms with Crippen LogP contribution in [-0.4, -0.2) is 34.4 Å². The Morgan fingerprint density at radius 1 is 1.50 bits per heavy atom. The largest absolute Gasteiger partial charge is 0.463 e. The van der Waals surface area contributed by atoms with Crippen LogP contribution in [0.1, 0.15) is 27.2 Å². The predicted octanol–water partition coefficient (Wildman–Crippen LogP) is 1.13. The Balaban J connectivity index is 2.76. The second-order valence-electron chi connectivity index (χ2n) is 3.21. The number of carbonyl (C=O) groups is 2. The molecule has 5 heteroatoms. The van der Waals surface area contributed by atoms with Gasteiger partial charge in [-0.2, -0.15) is 0 Å². The van der Waals surface area contributed by atoms with Crippen LogP contribution in [0.3, 0.4) is 0 Å². The van der Waals surface area contributed by atoms with Gasteiger partial charge < -0.3 is 9.64 Å². The average molecular weight is 220 g/mol. The first kappa shape index (κ1) is 11.3. The standard InChI is InChI=1S/C9H14ClNO3/c1-4-7-9(10,8(13)14-5-2)11(7)6(3)12/h7H,4-5H2,1-3H3. The van der Waals surface area contributed by atoms with E-state index in [0.29, 0.717) is 6.42 Å². The molecule has 1 fully saturated rings. The summed E-state index contributed by atoms with van der Waals surface area (Å²) in [6, 6.07) is -0.222. The molecule has 1 aliphatic rings. The summed E-state index contributed by atoms with van der Waals surface area (Å²) in [5, 5.41) is 0. The summed E-state index contributed by atoms with van der Waals surface area (Å²) in [5.74, 6) is -0.719. The van der Waals surface area contributed by atoms with Gasteiger partial charge in [0.25, 0.3) is 0 Å². The highest BCUT2D eigenvalue weighted by Crippen LogP contribution is 2.47. The highest BCUT2D eigenvalue weighted by Gasteiger charge is 2.69. The van der Waals surface area contributed by atoms with Crippen LogP contribution < -0.4 is 0 Å². The fourth-order valence-corrected chi connectivity index (χ4v) is 2.18. The molecule has 0 aromatic heterocycles. The number of esters is 1. The molecule has 1 heterocycles. The van der Waals surface area contributed by atoms with Crippen molar-refractivity contribution in [2.24, 2.45) is 0 Å². The van der Waals surface area contributed by atoms with Crippen molar-refractivity contribution in [2.45, 2.75) is 38.2 Å². The van der Waals surface area contributed by atoms with Crippen molar-refractivity contribution < 1.29 is 14.3 Å². The zero-order valence-corrected chi connectivity index (χ0v) is 9.30. The summed E-state index contributed by atoms with van der Waals surface area (Å²) >= 11 is 6.03. The first-order valence-corrected chi connectivity index (χ1v) is 5.03. The minimum absolute atomic E-state index is 0.195. The number of hydrogen-bond acceptors (Lipinski definition) is 3. The van der Waals surface area contributed by atoms with Crippen LogP contribution in [0.15, 0.2) is 0 Å². The van der Waals surface area contributed by atoms with Gasteiger partial charge in [0.15, 0.2) is 0 Å². The van der Waals surface area contributed by atoms with Gasteiger partial charge in [-0.25, -0.2) is 4.79 Å². The molecule has 0 spiro atoms. The SMILES string of the molecule is CCOC(=O)C1(Cl)C(CC)N1C(C)=O. The van der Waals surface area contributed by atoms with E-state index >= 15 is 0 Å². The Bertz CT molecular complexity index is 269. The van der Waals surface area contributed by atoms with Crippen molar-refractivity contribution in [3.05, 3.63) is 0 Å². The molecule has 1 aliphatic heterocycles. The van der Waals surface area contributed by atoms with Crippen molar-refractivity contribution in [1.29, 1.82) is 0 Å². The fourth-order valence-electron chi connectivity index (χ4n) is 1.69. The lowest BCUT2D eigenvalue weighted by Crippen LogP contribution is -2.28. The third kappa shape index (κ3) is 1.47. The molecule has 4 nitrogen and oxygen atoms in total. The summed E-state index contributed by atoms with van der Waals surface area (Å²) in [5.41, 5.74) is 0. The van der Waals surface area contributed by atoms with Gasteiger partial charge in [-0.3, -0.25) is 4.79 Å². The second kappa shape index (κ2) is 3.77. The molecule has 0 aromatic carbocycles. The van der Waals surface area contributed by atoms with Crippen molar-refractivity contribution in [1.82, 2.24) is 4.90 Å². The van der Waals surface area contributed by atoms with Gasteiger partial charge in [-0.05, 0) is 13.3 Å². The fraction of sp³-hybridized carbons (Fsp3) is 0.778. The molecule has 1 rings (SSSR count). The molecule has 0 saturated carbocycles. The summed E-state index contributed by atoms with van der Waals surface area (Å²) in [4.78, 5) is 22.7. The van der Waals surface area contributed by atoms with E-state index in [0.717, 1.165) is 0 Å². The van der Waals surface area contributed by atoms with Gasteiger partial charge in [0.05, 0.1) is 12.6 Å². The molecule has 0 radical (unpaired) electrons. The van der Waals surface area contributed by atoms with Crippen molar-refractivity contribution in [2.75, 3.05) is 6.61 Å². The highest BCUT2D eigenvalue weighted by atomic mass is 35.5. The van der Waals surface area contributed by atoms with E-state index in [4.69, 9.17) is 16.3 Å². The van der Waals surface area contributed by atoms with Crippen molar-refractivity contribution in [3.63, 3.8) is 0 Å². The van der Waals surface area contributed by atoms with Crippen LogP contribution in [0, 0.1) is 0 Å². The van der Waals surface area contributed by atoms with Gasteiger partial charge in [0, 0.05) is 6.92 Å². The van der Waals surface area contributed by atoms with Gasteiger partial charge in [0.2, 0.25) is 10.9 Å². The molecule has 1 amide bonds. The van der Waals surface area contributed by atoms with Gasteiger partial charge in [0.1, 0.15) is 0 Å². The molecule has 0 N–H and O–H groups in total. The molecular weight excluding hydrogens is 206 g/mol. The Morgan fingerprint density at radius 2 is 2.07 bits per heavy atom. The van der Waals surface area contributed by atoms with E-state index in [9.17, 15) is 9.59 Å². The molecule has 14 heavy (non-hydrogen) atoms. The van der Waals surface area contributed by atoms with Gasteiger partial charge in [-0.15, -0.1) is 0 Å². The molecule has 1 saturated heterocycles. The minimum Gasteiger partial charge on any atom is -0.463 e. The number of hydrogen-bond donors (Lipinski definition) is 0. The van der Waals surface area contributed by atoms with E-state index in [2.05, 4.69) is 0 Å². The maximum absolute atomic E-state index is 11.5. The molecule has 80 valence electrons. The maximum atomic E-state index is 11.5. The van der Waals surface area contributed by atoms with E-state index in [1.54, 1.807) is 6.92 Å². The van der Waals surface area contributed by atoms with Crippen LogP contribution in [0.2, 0.25) is 0 Å². The number of ether oxygens (including phenoxy) is 1. The summed E-state index contributed by atoms with van der Waals surface area (Å²) in [7, 11) is 0. The Kier molecular flexibility index (Phi) is 3.04. The van der Waals surface area contributed by atoms with Crippen molar-refractivity contribution in [3.8, 4) is 0 Å². The monoisotopic (exact) mass is 219 g/mol. The molecule has 2 unspecified atom stereocenters. The lowest BCUT2D eigenvalue weighted by atomic mass is 10.2. The number of alkyl halides is 1. The molecule has 2 atom stereocenters. The molecule has 0 aromatic rings. The van der Waals surface area contributed by atoms with E-state index in [1.807, 2.05) is 6.92 Å². The second-order valence-corrected chi connectivity index (χ2v) is 3.78. The average Bonchev–Trinajstić information content (AvgIpc) is 2.73. The molecular formula is C9H14ClNO3. The number of carbonyl (C=O) groups excluding carboxylic acids is 2. The zero-order valence-electron chi connectivity index (χ0n) is 8.54. The van der Waals surface area contributed by atoms with Crippen LogP contribution in [0.25, 0.3) is 0 Å². The number of rotatable bonds is 3. The minimum atomic E-state index is -1.24. The first-order valence-electron chi connectivity index (χ1n) is 4.66. The number of halogens is 1. The quantitative estimate of drug-likeness (QED) is 0.309. The van der Waals surface area contributed by atoms with Gasteiger partial charge in [-0.1, -0.05) is 18.5 Å². The van der Waals surface area contributed by atoms with Crippen LogP contribution in [0.4, 0.5) is 0 Å². The van der Waals surface area contributed by atoms with Gasteiger partial charge >= 0.3 is 5.97 Å². The first-order chi connectivity index (χ1) is 6.50. The number of nitrogens with zero attached hydrogens (tertiary/aromatic N) is 1. The summed E-state index contributed by atoms with van der Waals surface area (Å²) in [6.45, 7) is 5.26.